The Morgan fingerprint density at radius 2 is 2.12 bits per heavy atom. The average molecular weight is 328 g/mol. The first-order chi connectivity index (χ1) is 11.5. The van der Waals surface area contributed by atoms with Crippen molar-refractivity contribution in [3.8, 4) is 11.3 Å². The van der Waals surface area contributed by atoms with Gasteiger partial charge in [0.05, 0.1) is 11.8 Å². The number of carbonyl (C=O) groups excluding carboxylic acids is 1. The predicted octanol–water partition coefficient (Wildman–Crippen LogP) is 2.71. The van der Waals surface area contributed by atoms with Gasteiger partial charge in [-0.25, -0.2) is 4.79 Å². The second-order valence-electron chi connectivity index (χ2n) is 6.50. The number of anilines is 1. The van der Waals surface area contributed by atoms with Crippen LogP contribution in [0.1, 0.15) is 19.3 Å². The van der Waals surface area contributed by atoms with Crippen LogP contribution in [-0.4, -0.2) is 45.5 Å². The molecular weight excluding hydrogens is 304 g/mol. The fourth-order valence-electron chi connectivity index (χ4n) is 3.26. The molecule has 1 saturated carbocycles. The Hall–Kier alpha value is -2.34. The normalized spacial score (nSPS) is 20.1. The number of urea groups is 1. The minimum absolute atomic E-state index is 0.170. The van der Waals surface area contributed by atoms with Gasteiger partial charge < -0.3 is 15.3 Å². The van der Waals surface area contributed by atoms with Gasteiger partial charge in [0.15, 0.2) is 0 Å². The van der Waals surface area contributed by atoms with E-state index in [0.717, 1.165) is 30.5 Å². The number of nitrogens with one attached hydrogen (secondary N) is 1. The highest BCUT2D eigenvalue weighted by Crippen LogP contribution is 2.28. The number of aromatic nitrogens is 2. The second-order valence-corrected chi connectivity index (χ2v) is 6.50. The van der Waals surface area contributed by atoms with Crippen LogP contribution < -0.4 is 5.32 Å². The summed E-state index contributed by atoms with van der Waals surface area (Å²) in [5.41, 5.74) is 2.40. The van der Waals surface area contributed by atoms with Gasteiger partial charge in [0.2, 0.25) is 0 Å². The minimum atomic E-state index is -0.293. The van der Waals surface area contributed by atoms with Crippen LogP contribution in [0.15, 0.2) is 36.5 Å². The number of benzene rings is 1. The monoisotopic (exact) mass is 328 g/mol. The lowest BCUT2D eigenvalue weighted by atomic mass is 10.1. The molecule has 1 aliphatic rings. The molecule has 2 unspecified atom stereocenters. The number of amides is 2. The van der Waals surface area contributed by atoms with Gasteiger partial charge in [-0.2, -0.15) is 5.10 Å². The van der Waals surface area contributed by atoms with Gasteiger partial charge in [-0.1, -0.05) is 36.8 Å². The molecule has 2 aromatic rings. The van der Waals surface area contributed by atoms with Gasteiger partial charge in [-0.3, -0.25) is 4.68 Å². The number of aliphatic hydroxyl groups excluding tert-OH is 1. The summed E-state index contributed by atoms with van der Waals surface area (Å²) in [6.07, 6.45) is 4.35. The predicted molar refractivity (Wildman–Crippen MR) is 93.6 cm³/mol. The summed E-state index contributed by atoms with van der Waals surface area (Å²) >= 11 is 0. The molecule has 6 heteroatoms. The fraction of sp³-hybridized carbons (Fsp3) is 0.444. The molecule has 1 aliphatic carbocycles. The Balaban J connectivity index is 1.70. The number of hydrogen-bond acceptors (Lipinski definition) is 3. The molecule has 24 heavy (non-hydrogen) atoms. The first-order valence-corrected chi connectivity index (χ1v) is 8.34. The van der Waals surface area contributed by atoms with E-state index in [0.29, 0.717) is 12.2 Å². The van der Waals surface area contributed by atoms with Crippen LogP contribution in [0, 0.1) is 5.92 Å². The summed E-state index contributed by atoms with van der Waals surface area (Å²) in [6, 6.07) is 9.60. The van der Waals surface area contributed by atoms with Crippen molar-refractivity contribution in [2.24, 2.45) is 13.0 Å². The molecule has 1 aromatic carbocycles. The molecule has 0 radical (unpaired) electrons. The number of aryl methyl sites for hydroxylation is 1. The number of aliphatic hydroxyl groups is 1. The van der Waals surface area contributed by atoms with Crippen LogP contribution in [0.3, 0.4) is 0 Å². The van der Waals surface area contributed by atoms with E-state index in [4.69, 9.17) is 0 Å². The molecule has 6 nitrogen and oxygen atoms in total. The molecule has 2 atom stereocenters. The zero-order chi connectivity index (χ0) is 17.1. The van der Waals surface area contributed by atoms with Crippen molar-refractivity contribution >= 4 is 11.7 Å². The van der Waals surface area contributed by atoms with E-state index in [1.54, 1.807) is 22.8 Å². The summed E-state index contributed by atoms with van der Waals surface area (Å²) < 4.78 is 1.69. The zero-order valence-electron chi connectivity index (χ0n) is 14.1. The Morgan fingerprint density at radius 3 is 2.79 bits per heavy atom. The van der Waals surface area contributed by atoms with Gasteiger partial charge in [-0.15, -0.1) is 0 Å². The largest absolute Gasteiger partial charge is 0.393 e. The first-order valence-electron chi connectivity index (χ1n) is 8.34. The summed E-state index contributed by atoms with van der Waals surface area (Å²) in [5.74, 6) is 0.170. The topological polar surface area (TPSA) is 70.4 Å². The maximum absolute atomic E-state index is 12.5. The van der Waals surface area contributed by atoms with Gasteiger partial charge in [0, 0.05) is 38.3 Å². The second kappa shape index (κ2) is 7.05. The van der Waals surface area contributed by atoms with E-state index in [1.807, 2.05) is 37.4 Å². The summed E-state index contributed by atoms with van der Waals surface area (Å²) in [7, 11) is 3.60. The lowest BCUT2D eigenvalue weighted by molar-refractivity contribution is 0.116. The SMILES string of the molecule is CN(CC1CCCC1O)C(=O)Nc1cn(C)nc1-c1ccccc1. The van der Waals surface area contributed by atoms with Crippen LogP contribution in [0.25, 0.3) is 11.3 Å². The molecule has 0 bridgehead atoms. The van der Waals surface area contributed by atoms with Gasteiger partial charge in [0.1, 0.15) is 5.69 Å². The van der Waals surface area contributed by atoms with E-state index in [-0.39, 0.29) is 18.1 Å². The third kappa shape index (κ3) is 3.59. The quantitative estimate of drug-likeness (QED) is 0.906. The van der Waals surface area contributed by atoms with Crippen LogP contribution in [0.4, 0.5) is 10.5 Å². The maximum Gasteiger partial charge on any atom is 0.321 e. The number of rotatable bonds is 4. The lowest BCUT2D eigenvalue weighted by Gasteiger charge is -2.23. The van der Waals surface area contributed by atoms with E-state index < -0.39 is 0 Å². The maximum atomic E-state index is 12.5. The zero-order valence-corrected chi connectivity index (χ0v) is 14.1. The third-order valence-electron chi connectivity index (χ3n) is 4.59. The molecule has 1 heterocycles. The molecule has 3 rings (SSSR count). The van der Waals surface area contributed by atoms with Crippen molar-refractivity contribution in [3.05, 3.63) is 36.5 Å². The fourth-order valence-corrected chi connectivity index (χ4v) is 3.26. The molecule has 0 saturated heterocycles. The van der Waals surface area contributed by atoms with Crippen LogP contribution in [0.5, 0.6) is 0 Å². The van der Waals surface area contributed by atoms with Crippen molar-refractivity contribution in [2.75, 3.05) is 18.9 Å². The van der Waals surface area contributed by atoms with E-state index in [1.165, 1.54) is 0 Å². The summed E-state index contributed by atoms with van der Waals surface area (Å²) in [5, 5.41) is 17.3. The first kappa shape index (κ1) is 16.5. The number of nitrogens with zero attached hydrogens (tertiary/aromatic N) is 3. The van der Waals surface area contributed by atoms with Crippen LogP contribution in [-0.2, 0) is 7.05 Å². The number of carbonyl (C=O) groups is 1. The van der Waals surface area contributed by atoms with E-state index in [2.05, 4.69) is 10.4 Å². The smallest absolute Gasteiger partial charge is 0.321 e. The average Bonchev–Trinajstić information content (AvgIpc) is 3.14. The van der Waals surface area contributed by atoms with Gasteiger partial charge in [-0.05, 0) is 12.8 Å². The van der Waals surface area contributed by atoms with Crippen molar-refractivity contribution in [3.63, 3.8) is 0 Å². The highest BCUT2D eigenvalue weighted by atomic mass is 16.3. The molecule has 2 N–H and O–H groups in total. The lowest BCUT2D eigenvalue weighted by Crippen LogP contribution is -2.37. The molecular formula is C18H24N4O2. The Labute approximate surface area is 142 Å². The highest BCUT2D eigenvalue weighted by molar-refractivity contribution is 5.93. The highest BCUT2D eigenvalue weighted by Gasteiger charge is 2.27. The van der Waals surface area contributed by atoms with Crippen LogP contribution in [0.2, 0.25) is 0 Å². The summed E-state index contributed by atoms with van der Waals surface area (Å²) in [6.45, 7) is 0.563. The Bertz CT molecular complexity index is 698. The van der Waals surface area contributed by atoms with Crippen molar-refractivity contribution in [1.29, 1.82) is 0 Å². The standard InChI is InChI=1S/C18H24N4O2/c1-21(11-14-9-6-10-16(14)23)18(24)19-15-12-22(2)20-17(15)13-7-4-3-5-8-13/h3-5,7-8,12,14,16,23H,6,9-11H2,1-2H3,(H,19,24). The van der Waals surface area contributed by atoms with Crippen molar-refractivity contribution in [1.82, 2.24) is 14.7 Å². The summed E-state index contributed by atoms with van der Waals surface area (Å²) in [4.78, 5) is 14.1. The molecule has 128 valence electrons. The van der Waals surface area contributed by atoms with Crippen molar-refractivity contribution in [2.45, 2.75) is 25.4 Å². The Morgan fingerprint density at radius 1 is 1.38 bits per heavy atom. The van der Waals surface area contributed by atoms with E-state index in [9.17, 15) is 9.90 Å². The molecule has 1 aromatic heterocycles. The minimum Gasteiger partial charge on any atom is -0.393 e. The molecule has 1 fully saturated rings. The number of hydrogen-bond donors (Lipinski definition) is 2. The van der Waals surface area contributed by atoms with E-state index >= 15 is 0 Å². The molecule has 2 amide bonds. The van der Waals surface area contributed by atoms with Gasteiger partial charge >= 0.3 is 6.03 Å². The molecule has 0 aliphatic heterocycles. The van der Waals surface area contributed by atoms with Crippen molar-refractivity contribution < 1.29 is 9.90 Å². The third-order valence-corrected chi connectivity index (χ3v) is 4.59. The Kier molecular flexibility index (Phi) is 4.85. The van der Waals surface area contributed by atoms with Crippen LogP contribution >= 0.6 is 0 Å². The van der Waals surface area contributed by atoms with Gasteiger partial charge in [0.25, 0.3) is 0 Å². The molecule has 0 spiro atoms.